The minimum atomic E-state index is -4.63. The number of nitrogens with two attached hydrogens (primary N) is 1. The Hall–Kier alpha value is -4.47. The molecule has 0 saturated heterocycles. The zero-order valence-corrected chi connectivity index (χ0v) is 21.7. The molecule has 0 atom stereocenters. The summed E-state index contributed by atoms with van der Waals surface area (Å²) in [6.45, 7) is -2.40. The van der Waals surface area contributed by atoms with Crippen LogP contribution in [0.1, 0.15) is 21.6 Å². The van der Waals surface area contributed by atoms with Crippen molar-refractivity contribution >= 4 is 39.9 Å². The van der Waals surface area contributed by atoms with Crippen LogP contribution in [0.4, 0.5) is 32.2 Å². The first-order valence-electron chi connectivity index (χ1n) is 12.0. The number of hydrazine groups is 1. The van der Waals surface area contributed by atoms with Gasteiger partial charge in [-0.25, -0.2) is 9.99 Å². The molecule has 3 aromatic heterocycles. The van der Waals surface area contributed by atoms with Crippen LogP contribution in [-0.4, -0.2) is 79.8 Å². The van der Waals surface area contributed by atoms with Gasteiger partial charge in [0.1, 0.15) is 12.4 Å². The summed E-state index contributed by atoms with van der Waals surface area (Å²) < 4.78 is 79.0. The van der Waals surface area contributed by atoms with E-state index in [9.17, 15) is 35.9 Å². The molecule has 16 heteroatoms. The van der Waals surface area contributed by atoms with E-state index in [1.807, 2.05) is 0 Å². The van der Waals surface area contributed by atoms with Crippen LogP contribution >= 0.6 is 0 Å². The fourth-order valence-electron chi connectivity index (χ4n) is 4.22. The molecular weight excluding hydrogens is 558 g/mol. The molecule has 10 nitrogen and oxygen atoms in total. The summed E-state index contributed by atoms with van der Waals surface area (Å²) in [6.07, 6.45) is -7.04. The number of anilines is 1. The Morgan fingerprint density at radius 3 is 2.39 bits per heavy atom. The van der Waals surface area contributed by atoms with Gasteiger partial charge in [0.25, 0.3) is 5.91 Å². The maximum atomic E-state index is 13.8. The molecule has 0 saturated carbocycles. The number of nitrogens with zero attached hydrogens (tertiary/aromatic N) is 7. The average molecular weight is 583 g/mol. The molecule has 0 aliphatic heterocycles. The first-order valence-corrected chi connectivity index (χ1v) is 12.0. The Labute approximate surface area is 228 Å². The number of amides is 2. The van der Waals surface area contributed by atoms with Crippen LogP contribution in [0.15, 0.2) is 42.7 Å². The third kappa shape index (κ3) is 6.65. The predicted octanol–water partition coefficient (Wildman–Crippen LogP) is 3.63. The molecule has 1 aromatic carbocycles. The van der Waals surface area contributed by atoms with Crippen LogP contribution < -0.4 is 5.73 Å². The SMILES string of the molecule is CN(CCN(C=O)CC(F)(F)F)N(Cc1ccc(C(F)(F)F)cn1)C(=O)c1ccc2nc(N)c3cnn(C)c3c2c1. The van der Waals surface area contributed by atoms with Crippen molar-refractivity contribution in [2.24, 2.45) is 7.05 Å². The van der Waals surface area contributed by atoms with Crippen molar-refractivity contribution in [3.63, 3.8) is 0 Å². The number of pyridine rings is 2. The molecule has 3 heterocycles. The number of aryl methyl sites for hydroxylation is 1. The number of benzene rings is 1. The smallest absolute Gasteiger partial charge is 0.383 e. The standard InChI is InChI=1S/C25H24F6N8O2/c1-36(7-8-38(14-40)13-24(26,27)28)39(12-17-5-4-16(10-33-17)25(29,30)31)23(41)15-3-6-20-18(9-15)21-19(22(32)35-20)11-34-37(21)2/h3-6,9-11,14H,7-8,12-13H2,1-2H3,(H2,32,35). The van der Waals surface area contributed by atoms with Crippen molar-refractivity contribution in [2.45, 2.75) is 18.9 Å². The number of hydrogen-bond acceptors (Lipinski definition) is 7. The number of halogens is 6. The molecule has 4 aromatic rings. The van der Waals surface area contributed by atoms with E-state index in [4.69, 9.17) is 5.73 Å². The summed E-state index contributed by atoms with van der Waals surface area (Å²) in [6, 6.07) is 6.51. The summed E-state index contributed by atoms with van der Waals surface area (Å²) in [5.74, 6) is -0.385. The van der Waals surface area contributed by atoms with Gasteiger partial charge in [0.05, 0.1) is 40.4 Å². The molecule has 0 bridgehead atoms. The van der Waals surface area contributed by atoms with Gasteiger partial charge in [-0.3, -0.25) is 24.3 Å². The fourth-order valence-corrected chi connectivity index (χ4v) is 4.22. The molecule has 218 valence electrons. The van der Waals surface area contributed by atoms with Crippen molar-refractivity contribution in [1.29, 1.82) is 0 Å². The van der Waals surface area contributed by atoms with Gasteiger partial charge in [-0.15, -0.1) is 0 Å². The summed E-state index contributed by atoms with van der Waals surface area (Å²) >= 11 is 0. The second-order valence-electron chi connectivity index (χ2n) is 9.23. The second kappa shape index (κ2) is 11.2. The summed E-state index contributed by atoms with van der Waals surface area (Å²) in [4.78, 5) is 33.6. The highest BCUT2D eigenvalue weighted by Gasteiger charge is 2.32. The van der Waals surface area contributed by atoms with E-state index >= 15 is 0 Å². The molecule has 4 rings (SSSR count). The Morgan fingerprint density at radius 1 is 1.05 bits per heavy atom. The highest BCUT2D eigenvalue weighted by molar-refractivity contribution is 6.10. The highest BCUT2D eigenvalue weighted by atomic mass is 19.4. The topological polar surface area (TPSA) is 113 Å². The average Bonchev–Trinajstić information content (AvgIpc) is 3.30. The molecule has 41 heavy (non-hydrogen) atoms. The van der Waals surface area contributed by atoms with Gasteiger partial charge in [0.2, 0.25) is 6.41 Å². The Bertz CT molecular complexity index is 1570. The van der Waals surface area contributed by atoms with E-state index < -0.39 is 30.4 Å². The van der Waals surface area contributed by atoms with E-state index in [1.165, 1.54) is 24.3 Å². The molecule has 0 spiro atoms. The Balaban J connectivity index is 1.68. The van der Waals surface area contributed by atoms with Crippen LogP contribution in [0.2, 0.25) is 0 Å². The van der Waals surface area contributed by atoms with Crippen molar-refractivity contribution < 1.29 is 35.9 Å². The van der Waals surface area contributed by atoms with Gasteiger partial charge in [-0.05, 0) is 30.3 Å². The molecule has 0 aliphatic rings. The maximum absolute atomic E-state index is 13.8. The summed E-state index contributed by atoms with van der Waals surface area (Å²) in [7, 11) is 3.09. The van der Waals surface area contributed by atoms with Crippen LogP contribution in [0, 0.1) is 0 Å². The van der Waals surface area contributed by atoms with E-state index in [1.54, 1.807) is 23.9 Å². The van der Waals surface area contributed by atoms with E-state index in [2.05, 4.69) is 15.1 Å². The van der Waals surface area contributed by atoms with Crippen LogP contribution in [0.5, 0.6) is 0 Å². The fraction of sp³-hybridized carbons (Fsp3) is 0.320. The van der Waals surface area contributed by atoms with Crippen LogP contribution in [0.3, 0.4) is 0 Å². The molecule has 0 radical (unpaired) electrons. The van der Waals surface area contributed by atoms with Crippen LogP contribution in [0.25, 0.3) is 21.8 Å². The highest BCUT2D eigenvalue weighted by Crippen LogP contribution is 2.30. The summed E-state index contributed by atoms with van der Waals surface area (Å²) in [5.41, 5.74) is 6.37. The van der Waals surface area contributed by atoms with E-state index in [-0.39, 0.29) is 43.1 Å². The zero-order valence-electron chi connectivity index (χ0n) is 21.7. The molecule has 0 unspecified atom stereocenters. The number of likely N-dealkylation sites (N-methyl/N-ethyl adjacent to an activating group) is 1. The number of nitrogen functional groups attached to an aromatic ring is 1. The molecule has 0 aliphatic carbocycles. The molecule has 2 N–H and O–H groups in total. The van der Waals surface area contributed by atoms with Gasteiger partial charge in [-0.1, -0.05) is 0 Å². The normalized spacial score (nSPS) is 12.3. The first kappa shape index (κ1) is 29.5. The number of alkyl halides is 6. The minimum absolute atomic E-state index is 0.0477. The molecule has 0 fully saturated rings. The monoisotopic (exact) mass is 582 g/mol. The first-order chi connectivity index (χ1) is 19.2. The number of hydrogen-bond donors (Lipinski definition) is 1. The third-order valence-corrected chi connectivity index (χ3v) is 6.31. The zero-order chi connectivity index (χ0) is 30.1. The number of rotatable bonds is 9. The number of carbonyl (C=O) groups excluding carboxylic acids is 2. The van der Waals surface area contributed by atoms with E-state index in [0.717, 1.165) is 17.1 Å². The Morgan fingerprint density at radius 2 is 1.78 bits per heavy atom. The van der Waals surface area contributed by atoms with Crippen molar-refractivity contribution in [2.75, 3.05) is 32.4 Å². The quantitative estimate of drug-likeness (QED) is 0.182. The Kier molecular flexibility index (Phi) is 8.05. The number of fused-ring (bicyclic) bond motifs is 3. The van der Waals surface area contributed by atoms with Gasteiger partial charge < -0.3 is 10.6 Å². The van der Waals surface area contributed by atoms with Crippen molar-refractivity contribution in [3.05, 3.63) is 59.5 Å². The number of aromatic nitrogens is 4. The lowest BCUT2D eigenvalue weighted by atomic mass is 10.1. The largest absolute Gasteiger partial charge is 0.417 e. The summed E-state index contributed by atoms with van der Waals surface area (Å²) in [5, 5.41) is 7.70. The maximum Gasteiger partial charge on any atom is 0.417 e. The van der Waals surface area contributed by atoms with Crippen molar-refractivity contribution in [3.8, 4) is 0 Å². The van der Waals surface area contributed by atoms with E-state index in [0.29, 0.717) is 32.9 Å². The minimum Gasteiger partial charge on any atom is -0.383 e. The number of carbonyl (C=O) groups is 2. The molecule has 2 amide bonds. The lowest BCUT2D eigenvalue weighted by molar-refractivity contribution is -0.155. The van der Waals surface area contributed by atoms with Gasteiger partial charge in [0.15, 0.2) is 0 Å². The lowest BCUT2D eigenvalue weighted by Crippen LogP contribution is -2.47. The van der Waals surface area contributed by atoms with Gasteiger partial charge in [-0.2, -0.15) is 31.4 Å². The van der Waals surface area contributed by atoms with Gasteiger partial charge in [0, 0.05) is 44.3 Å². The van der Waals surface area contributed by atoms with Crippen molar-refractivity contribution in [1.82, 2.24) is 34.7 Å². The second-order valence-corrected chi connectivity index (χ2v) is 9.23. The predicted molar refractivity (Wildman–Crippen MR) is 136 cm³/mol. The molecular formula is C25H24F6N8O2. The van der Waals surface area contributed by atoms with Crippen LogP contribution in [-0.2, 0) is 24.6 Å². The van der Waals surface area contributed by atoms with Gasteiger partial charge >= 0.3 is 12.4 Å². The lowest BCUT2D eigenvalue weighted by Gasteiger charge is -2.33. The third-order valence-electron chi connectivity index (χ3n) is 6.31.